The van der Waals surface area contributed by atoms with Crippen molar-refractivity contribution in [2.75, 3.05) is 6.54 Å². The number of carboxylic acid groups (broad SMARTS) is 1. The molecule has 0 radical (unpaired) electrons. The Balaban J connectivity index is 4.06. The SMILES string of the molecule is CC/C=C\C/C=C\C(/C=C\CCCCCC(=O)NC(CCCN)C(=O)O)OC(=O)CCCCCCCCCCC/C=C\CCCCCCCCCC. The molecule has 0 heterocycles. The lowest BCUT2D eigenvalue weighted by atomic mass is 10.1. The molecule has 0 aliphatic carbocycles. The molecular weight excluding hydrogens is 649 g/mol. The first kappa shape index (κ1) is 49.3. The van der Waals surface area contributed by atoms with Crippen LogP contribution in [-0.4, -0.2) is 41.6 Å². The van der Waals surface area contributed by atoms with E-state index in [-0.39, 0.29) is 18.0 Å². The lowest BCUT2D eigenvalue weighted by Gasteiger charge is -2.13. The fraction of sp³-hybridized carbons (Fsp3) is 0.756. The summed E-state index contributed by atoms with van der Waals surface area (Å²) in [4.78, 5) is 36.1. The van der Waals surface area contributed by atoms with Crippen LogP contribution in [0.15, 0.2) is 48.6 Å². The maximum Gasteiger partial charge on any atom is 0.326 e. The van der Waals surface area contributed by atoms with Crippen LogP contribution in [0.25, 0.3) is 0 Å². The Morgan fingerprint density at radius 3 is 1.65 bits per heavy atom. The Bertz CT molecular complexity index is 957. The highest BCUT2D eigenvalue weighted by molar-refractivity contribution is 5.83. The Labute approximate surface area is 319 Å². The monoisotopic (exact) mass is 729 g/mol. The summed E-state index contributed by atoms with van der Waals surface area (Å²) < 4.78 is 5.79. The smallest absolute Gasteiger partial charge is 0.326 e. The Morgan fingerprint density at radius 2 is 1.10 bits per heavy atom. The van der Waals surface area contributed by atoms with Crippen molar-refractivity contribution >= 4 is 17.8 Å². The van der Waals surface area contributed by atoms with Crippen LogP contribution in [0.1, 0.15) is 200 Å². The van der Waals surface area contributed by atoms with E-state index in [1.165, 1.54) is 109 Å². The van der Waals surface area contributed by atoms with Gasteiger partial charge in [-0.1, -0.05) is 147 Å². The van der Waals surface area contributed by atoms with Crippen LogP contribution in [0.3, 0.4) is 0 Å². The highest BCUT2D eigenvalue weighted by atomic mass is 16.5. The maximum absolute atomic E-state index is 12.6. The molecule has 0 aliphatic rings. The third kappa shape index (κ3) is 35.7. The van der Waals surface area contributed by atoms with Crippen molar-refractivity contribution < 1.29 is 24.2 Å². The number of allylic oxidation sites excluding steroid dienone is 6. The molecule has 2 atom stereocenters. The molecule has 52 heavy (non-hydrogen) atoms. The Hall–Kier alpha value is -2.67. The molecule has 0 aromatic heterocycles. The molecule has 0 aliphatic heterocycles. The highest BCUT2D eigenvalue weighted by Gasteiger charge is 2.18. The highest BCUT2D eigenvalue weighted by Crippen LogP contribution is 2.14. The molecule has 0 saturated heterocycles. The average Bonchev–Trinajstić information content (AvgIpc) is 3.13. The van der Waals surface area contributed by atoms with Crippen molar-refractivity contribution in [3.8, 4) is 0 Å². The van der Waals surface area contributed by atoms with Crippen LogP contribution >= 0.6 is 0 Å². The van der Waals surface area contributed by atoms with Crippen molar-refractivity contribution in [2.45, 2.75) is 212 Å². The minimum Gasteiger partial charge on any atom is -0.480 e. The molecule has 1 amide bonds. The van der Waals surface area contributed by atoms with Crippen LogP contribution in [0.4, 0.5) is 0 Å². The predicted octanol–water partition coefficient (Wildman–Crippen LogP) is 12.0. The van der Waals surface area contributed by atoms with Gasteiger partial charge in [-0.25, -0.2) is 4.79 Å². The molecule has 0 aromatic rings. The number of hydrogen-bond acceptors (Lipinski definition) is 5. The fourth-order valence-electron chi connectivity index (χ4n) is 6.11. The summed E-state index contributed by atoms with van der Waals surface area (Å²) in [5.74, 6) is -1.40. The zero-order valence-electron chi connectivity index (χ0n) is 33.6. The summed E-state index contributed by atoms with van der Waals surface area (Å²) in [6.07, 6.45) is 48.0. The molecule has 0 rings (SSSR count). The standard InChI is InChI=1S/C45H80N2O5/c1-3-5-7-9-10-11-12-13-14-15-16-17-18-19-20-21-22-23-24-29-33-39-44(49)52-41(35-30-26-8-6-4-2)36-31-27-25-28-32-38-43(48)47-42(45(50)51)37-34-40-46/h6,8,15-16,30-31,35-36,41-42H,3-5,7,9-14,17-29,32-34,37-40,46H2,1-2H3,(H,47,48)(H,50,51)/b8-6-,16-15-,35-30-,36-31-. The molecule has 300 valence electrons. The normalized spacial score (nSPS) is 13.1. The van der Waals surface area contributed by atoms with E-state index in [1.54, 1.807) is 0 Å². The van der Waals surface area contributed by atoms with E-state index in [1.807, 2.05) is 24.3 Å². The largest absolute Gasteiger partial charge is 0.480 e. The van der Waals surface area contributed by atoms with Crippen molar-refractivity contribution in [2.24, 2.45) is 5.73 Å². The molecule has 7 nitrogen and oxygen atoms in total. The van der Waals surface area contributed by atoms with E-state index in [0.29, 0.717) is 38.6 Å². The number of nitrogens with one attached hydrogen (secondary N) is 1. The zero-order valence-corrected chi connectivity index (χ0v) is 33.6. The van der Waals surface area contributed by atoms with E-state index >= 15 is 0 Å². The van der Waals surface area contributed by atoms with E-state index in [2.05, 4.69) is 43.5 Å². The number of aliphatic carboxylic acids is 1. The summed E-state index contributed by atoms with van der Waals surface area (Å²) in [7, 11) is 0. The number of carbonyl (C=O) groups excluding carboxylic acids is 2. The Morgan fingerprint density at radius 1 is 0.596 bits per heavy atom. The molecule has 0 aromatic carbocycles. The lowest BCUT2D eigenvalue weighted by molar-refractivity contribution is -0.145. The van der Waals surface area contributed by atoms with Crippen molar-refractivity contribution in [1.82, 2.24) is 5.32 Å². The van der Waals surface area contributed by atoms with Crippen LogP contribution in [0.5, 0.6) is 0 Å². The number of rotatable bonds is 38. The molecule has 2 unspecified atom stereocenters. The van der Waals surface area contributed by atoms with Gasteiger partial charge in [0.2, 0.25) is 5.91 Å². The van der Waals surface area contributed by atoms with E-state index in [9.17, 15) is 19.5 Å². The fourth-order valence-corrected chi connectivity index (χ4v) is 6.11. The first-order chi connectivity index (χ1) is 25.4. The van der Waals surface area contributed by atoms with Gasteiger partial charge in [-0.3, -0.25) is 9.59 Å². The summed E-state index contributed by atoms with van der Waals surface area (Å²) in [5.41, 5.74) is 5.46. The van der Waals surface area contributed by atoms with E-state index < -0.39 is 12.0 Å². The van der Waals surface area contributed by atoms with Gasteiger partial charge < -0.3 is 20.9 Å². The topological polar surface area (TPSA) is 119 Å². The van der Waals surface area contributed by atoms with Gasteiger partial charge in [0.15, 0.2) is 0 Å². The second-order valence-corrected chi connectivity index (χ2v) is 14.4. The third-order valence-electron chi connectivity index (χ3n) is 9.34. The first-order valence-corrected chi connectivity index (χ1v) is 21.5. The maximum atomic E-state index is 12.6. The van der Waals surface area contributed by atoms with Crippen LogP contribution in [-0.2, 0) is 19.1 Å². The summed E-state index contributed by atoms with van der Waals surface area (Å²) >= 11 is 0. The quantitative estimate of drug-likeness (QED) is 0.0331. The minimum absolute atomic E-state index is 0.146. The molecule has 0 bridgehead atoms. The number of nitrogens with two attached hydrogens (primary N) is 1. The molecular formula is C45H80N2O5. The number of carbonyl (C=O) groups is 3. The second kappa shape index (κ2) is 39.5. The number of ether oxygens (including phenoxy) is 1. The summed E-state index contributed by atoms with van der Waals surface area (Å²) in [5, 5.41) is 11.9. The van der Waals surface area contributed by atoms with Crippen LogP contribution in [0, 0.1) is 0 Å². The van der Waals surface area contributed by atoms with Gasteiger partial charge in [-0.15, -0.1) is 0 Å². The number of carboxylic acids is 1. The number of unbranched alkanes of at least 4 members (excludes halogenated alkanes) is 20. The van der Waals surface area contributed by atoms with Gasteiger partial charge in [-0.2, -0.15) is 0 Å². The van der Waals surface area contributed by atoms with Crippen molar-refractivity contribution in [3.05, 3.63) is 48.6 Å². The minimum atomic E-state index is -1.02. The third-order valence-corrected chi connectivity index (χ3v) is 9.34. The number of hydrogen-bond donors (Lipinski definition) is 3. The molecule has 0 spiro atoms. The average molecular weight is 729 g/mol. The van der Waals surface area contributed by atoms with Crippen LogP contribution in [0.2, 0.25) is 0 Å². The van der Waals surface area contributed by atoms with Gasteiger partial charge in [0.1, 0.15) is 12.1 Å². The van der Waals surface area contributed by atoms with Gasteiger partial charge in [0, 0.05) is 12.8 Å². The van der Waals surface area contributed by atoms with Crippen molar-refractivity contribution in [3.63, 3.8) is 0 Å². The Kier molecular flexibility index (Phi) is 37.5. The first-order valence-electron chi connectivity index (χ1n) is 21.5. The van der Waals surface area contributed by atoms with E-state index in [4.69, 9.17) is 10.5 Å². The van der Waals surface area contributed by atoms with Gasteiger partial charge >= 0.3 is 11.9 Å². The lowest BCUT2D eigenvalue weighted by Crippen LogP contribution is -2.40. The van der Waals surface area contributed by atoms with E-state index in [0.717, 1.165) is 44.9 Å². The van der Waals surface area contributed by atoms with Gasteiger partial charge in [0.05, 0.1) is 0 Å². The summed E-state index contributed by atoms with van der Waals surface area (Å²) in [6, 6.07) is -0.874. The molecule has 7 heteroatoms. The van der Waals surface area contributed by atoms with Crippen LogP contribution < -0.4 is 11.1 Å². The van der Waals surface area contributed by atoms with Crippen molar-refractivity contribution in [1.29, 1.82) is 0 Å². The van der Waals surface area contributed by atoms with Gasteiger partial charge in [-0.05, 0) is 95.7 Å². The van der Waals surface area contributed by atoms with Gasteiger partial charge in [0.25, 0.3) is 0 Å². The zero-order chi connectivity index (χ0) is 38.2. The number of amides is 1. The second-order valence-electron chi connectivity index (χ2n) is 14.4. The molecule has 0 saturated carbocycles. The molecule has 4 N–H and O–H groups in total. The molecule has 0 fully saturated rings. The summed E-state index contributed by atoms with van der Waals surface area (Å²) in [6.45, 7) is 4.79. The predicted molar refractivity (Wildman–Crippen MR) is 220 cm³/mol. The number of esters is 1.